The molecule has 0 saturated heterocycles. The van der Waals surface area contributed by atoms with E-state index in [9.17, 15) is 4.79 Å². The van der Waals surface area contributed by atoms with Crippen LogP contribution in [0.5, 0.6) is 0 Å². The van der Waals surface area contributed by atoms with Gasteiger partial charge < -0.3 is 4.74 Å². The quantitative estimate of drug-likeness (QED) is 0.631. The maximum absolute atomic E-state index is 11.6. The summed E-state index contributed by atoms with van der Waals surface area (Å²) in [5.74, 6) is 0.715. The number of Topliss-reactive ketones (excluding diaryl/α,β-unsaturated/α-hetero) is 1. The Bertz CT molecular complexity index is 177. The van der Waals surface area contributed by atoms with Crippen LogP contribution in [0, 0.1) is 5.92 Å². The average molecular weight is 200 g/mol. The van der Waals surface area contributed by atoms with Gasteiger partial charge in [0.15, 0.2) is 5.78 Å². The Labute approximate surface area is 88.0 Å². The van der Waals surface area contributed by atoms with Gasteiger partial charge >= 0.3 is 0 Å². The van der Waals surface area contributed by atoms with Crippen molar-refractivity contribution in [2.45, 2.75) is 59.5 Å². The van der Waals surface area contributed by atoms with Gasteiger partial charge in [0, 0.05) is 6.61 Å². The molecule has 0 bridgehead atoms. The molecule has 0 radical (unpaired) electrons. The topological polar surface area (TPSA) is 26.3 Å². The molecule has 0 aliphatic carbocycles. The lowest BCUT2D eigenvalue weighted by Gasteiger charge is -2.32. The number of ether oxygens (including phenoxy) is 1. The maximum Gasteiger partial charge on any atom is 0.161 e. The zero-order valence-electron chi connectivity index (χ0n) is 10.2. The van der Waals surface area contributed by atoms with Gasteiger partial charge in [-0.3, -0.25) is 4.79 Å². The molecular formula is C12H24O2. The highest BCUT2D eigenvalue weighted by molar-refractivity contribution is 5.84. The summed E-state index contributed by atoms with van der Waals surface area (Å²) >= 11 is 0. The van der Waals surface area contributed by atoms with Gasteiger partial charge in [0.25, 0.3) is 0 Å². The predicted octanol–water partition coefficient (Wildman–Crippen LogP) is 3.20. The van der Waals surface area contributed by atoms with E-state index in [4.69, 9.17) is 4.74 Å². The van der Waals surface area contributed by atoms with E-state index in [2.05, 4.69) is 13.8 Å². The SMILES string of the molecule is CCOC(CC)(CC(C)CC)C(C)=O. The van der Waals surface area contributed by atoms with Gasteiger partial charge in [-0.1, -0.05) is 27.2 Å². The summed E-state index contributed by atoms with van der Waals surface area (Å²) in [7, 11) is 0. The Hall–Kier alpha value is -0.370. The standard InChI is InChI=1S/C12H24O2/c1-6-10(4)9-12(7-2,11(5)13)14-8-3/h10H,6-9H2,1-5H3. The molecule has 0 heterocycles. The van der Waals surface area contributed by atoms with E-state index in [1.54, 1.807) is 6.92 Å². The van der Waals surface area contributed by atoms with Crippen molar-refractivity contribution < 1.29 is 9.53 Å². The predicted molar refractivity (Wildman–Crippen MR) is 59.4 cm³/mol. The number of hydrogen-bond acceptors (Lipinski definition) is 2. The van der Waals surface area contributed by atoms with Crippen LogP contribution >= 0.6 is 0 Å². The molecule has 2 nitrogen and oxygen atoms in total. The molecule has 0 rings (SSSR count). The third-order valence-electron chi connectivity index (χ3n) is 3.01. The lowest BCUT2D eigenvalue weighted by atomic mass is 9.85. The summed E-state index contributed by atoms with van der Waals surface area (Å²) in [6.45, 7) is 10.6. The van der Waals surface area contributed by atoms with Crippen molar-refractivity contribution in [2.24, 2.45) is 5.92 Å². The average Bonchev–Trinajstić information content (AvgIpc) is 2.16. The van der Waals surface area contributed by atoms with Crippen molar-refractivity contribution in [3.05, 3.63) is 0 Å². The first-order valence-electron chi connectivity index (χ1n) is 5.67. The van der Waals surface area contributed by atoms with Crippen LogP contribution in [0.1, 0.15) is 53.9 Å². The molecule has 2 heteroatoms. The van der Waals surface area contributed by atoms with E-state index in [0.29, 0.717) is 12.5 Å². The van der Waals surface area contributed by atoms with Gasteiger partial charge in [-0.25, -0.2) is 0 Å². The van der Waals surface area contributed by atoms with Gasteiger partial charge in [0.1, 0.15) is 5.60 Å². The minimum absolute atomic E-state index is 0.169. The highest BCUT2D eigenvalue weighted by Crippen LogP contribution is 2.27. The minimum atomic E-state index is -0.524. The molecule has 0 N–H and O–H groups in total. The van der Waals surface area contributed by atoms with Crippen molar-refractivity contribution in [2.75, 3.05) is 6.61 Å². The minimum Gasteiger partial charge on any atom is -0.368 e. The number of hydrogen-bond donors (Lipinski definition) is 0. The van der Waals surface area contributed by atoms with Crippen molar-refractivity contribution >= 4 is 5.78 Å². The van der Waals surface area contributed by atoms with E-state index in [-0.39, 0.29) is 5.78 Å². The smallest absolute Gasteiger partial charge is 0.161 e. The van der Waals surface area contributed by atoms with Crippen LogP contribution in [0.2, 0.25) is 0 Å². The normalized spacial score (nSPS) is 17.5. The molecule has 0 amide bonds. The van der Waals surface area contributed by atoms with Crippen molar-refractivity contribution in [1.82, 2.24) is 0 Å². The zero-order valence-corrected chi connectivity index (χ0v) is 10.2. The molecule has 0 spiro atoms. The van der Waals surface area contributed by atoms with E-state index < -0.39 is 5.60 Å². The number of ketones is 1. The fraction of sp³-hybridized carbons (Fsp3) is 0.917. The van der Waals surface area contributed by atoms with Crippen LogP contribution in [0.4, 0.5) is 0 Å². The van der Waals surface area contributed by atoms with Crippen molar-refractivity contribution in [3.8, 4) is 0 Å². The van der Waals surface area contributed by atoms with Gasteiger partial charge in [-0.15, -0.1) is 0 Å². The van der Waals surface area contributed by atoms with Crippen LogP contribution in [-0.4, -0.2) is 18.0 Å². The molecule has 14 heavy (non-hydrogen) atoms. The van der Waals surface area contributed by atoms with E-state index in [0.717, 1.165) is 19.3 Å². The monoisotopic (exact) mass is 200 g/mol. The Morgan fingerprint density at radius 1 is 1.36 bits per heavy atom. The molecule has 0 saturated carbocycles. The number of carbonyl (C=O) groups is 1. The first-order valence-corrected chi connectivity index (χ1v) is 5.67. The van der Waals surface area contributed by atoms with Gasteiger partial charge in [0.2, 0.25) is 0 Å². The van der Waals surface area contributed by atoms with E-state index in [1.807, 2.05) is 13.8 Å². The van der Waals surface area contributed by atoms with Crippen LogP contribution in [0.3, 0.4) is 0 Å². The largest absolute Gasteiger partial charge is 0.368 e. The molecular weight excluding hydrogens is 176 g/mol. The Morgan fingerprint density at radius 2 is 1.93 bits per heavy atom. The van der Waals surface area contributed by atoms with Crippen LogP contribution in [-0.2, 0) is 9.53 Å². The Balaban J connectivity index is 4.57. The molecule has 0 aliphatic rings. The second kappa shape index (κ2) is 6.18. The summed E-state index contributed by atoms with van der Waals surface area (Å²) in [5, 5.41) is 0. The van der Waals surface area contributed by atoms with Crippen LogP contribution in [0.15, 0.2) is 0 Å². The van der Waals surface area contributed by atoms with Gasteiger partial charge in [-0.2, -0.15) is 0 Å². The maximum atomic E-state index is 11.6. The molecule has 2 atom stereocenters. The fourth-order valence-electron chi connectivity index (χ4n) is 1.78. The first-order chi connectivity index (χ1) is 6.52. The third kappa shape index (κ3) is 3.41. The highest BCUT2D eigenvalue weighted by atomic mass is 16.5. The van der Waals surface area contributed by atoms with E-state index >= 15 is 0 Å². The lowest BCUT2D eigenvalue weighted by Crippen LogP contribution is -2.41. The fourth-order valence-corrected chi connectivity index (χ4v) is 1.78. The second-order valence-electron chi connectivity index (χ2n) is 4.05. The van der Waals surface area contributed by atoms with Gasteiger partial charge in [-0.05, 0) is 32.6 Å². The summed E-state index contributed by atoms with van der Waals surface area (Å²) < 4.78 is 5.66. The molecule has 2 unspecified atom stereocenters. The summed E-state index contributed by atoms with van der Waals surface area (Å²) in [5.41, 5.74) is -0.524. The van der Waals surface area contributed by atoms with Crippen LogP contribution in [0.25, 0.3) is 0 Å². The summed E-state index contributed by atoms with van der Waals surface area (Å²) in [6, 6.07) is 0. The first kappa shape index (κ1) is 13.6. The zero-order chi connectivity index (χ0) is 11.2. The number of carbonyl (C=O) groups excluding carboxylic acids is 1. The van der Waals surface area contributed by atoms with Crippen molar-refractivity contribution in [3.63, 3.8) is 0 Å². The Kier molecular flexibility index (Phi) is 6.01. The van der Waals surface area contributed by atoms with Gasteiger partial charge in [0.05, 0.1) is 0 Å². The molecule has 0 aliphatic heterocycles. The summed E-state index contributed by atoms with van der Waals surface area (Å²) in [4.78, 5) is 11.6. The van der Waals surface area contributed by atoms with Crippen LogP contribution < -0.4 is 0 Å². The molecule has 84 valence electrons. The lowest BCUT2D eigenvalue weighted by molar-refractivity contribution is -0.145. The number of rotatable bonds is 7. The summed E-state index contributed by atoms with van der Waals surface area (Å²) in [6.07, 6.45) is 2.73. The molecule has 0 aromatic heterocycles. The highest BCUT2D eigenvalue weighted by Gasteiger charge is 2.35. The molecule has 0 fully saturated rings. The molecule has 0 aromatic carbocycles. The second-order valence-corrected chi connectivity index (χ2v) is 4.05. The van der Waals surface area contributed by atoms with Crippen molar-refractivity contribution in [1.29, 1.82) is 0 Å². The molecule has 0 aromatic rings. The van der Waals surface area contributed by atoms with E-state index in [1.165, 1.54) is 0 Å². The Morgan fingerprint density at radius 3 is 2.21 bits per heavy atom. The third-order valence-corrected chi connectivity index (χ3v) is 3.01.